The summed E-state index contributed by atoms with van der Waals surface area (Å²) in [6.07, 6.45) is 0.902. The van der Waals surface area contributed by atoms with Gasteiger partial charge >= 0.3 is 5.97 Å². The van der Waals surface area contributed by atoms with E-state index in [4.69, 9.17) is 10.8 Å². The van der Waals surface area contributed by atoms with Crippen LogP contribution in [0, 0.1) is 5.82 Å². The standard InChI is InChI=1S/C16H17FN2O2/c1-2-10-5-3-4-6-11(10)9-19-15-8-13(17)12(16(20)21)7-14(15)18/h3-8,19H,2,9,18H2,1H3,(H,20,21). The smallest absolute Gasteiger partial charge is 0.338 e. The summed E-state index contributed by atoms with van der Waals surface area (Å²) < 4.78 is 13.7. The molecule has 0 saturated carbocycles. The van der Waals surface area contributed by atoms with E-state index in [-0.39, 0.29) is 5.69 Å². The van der Waals surface area contributed by atoms with Gasteiger partial charge in [0.2, 0.25) is 0 Å². The number of aromatic carboxylic acids is 1. The third-order valence-electron chi connectivity index (χ3n) is 3.34. The summed E-state index contributed by atoms with van der Waals surface area (Å²) >= 11 is 0. The minimum Gasteiger partial charge on any atom is -0.478 e. The van der Waals surface area contributed by atoms with E-state index < -0.39 is 17.3 Å². The summed E-state index contributed by atoms with van der Waals surface area (Å²) in [5.41, 5.74) is 8.25. The lowest BCUT2D eigenvalue weighted by Gasteiger charge is -2.13. The molecule has 21 heavy (non-hydrogen) atoms. The number of hydrogen-bond donors (Lipinski definition) is 3. The largest absolute Gasteiger partial charge is 0.478 e. The predicted octanol–water partition coefficient (Wildman–Crippen LogP) is 3.28. The minimum atomic E-state index is -1.33. The van der Waals surface area contributed by atoms with Crippen molar-refractivity contribution < 1.29 is 14.3 Å². The lowest BCUT2D eigenvalue weighted by Crippen LogP contribution is -2.08. The molecule has 4 N–H and O–H groups in total. The highest BCUT2D eigenvalue weighted by molar-refractivity contribution is 5.90. The van der Waals surface area contributed by atoms with Crippen LogP contribution in [0.15, 0.2) is 36.4 Å². The van der Waals surface area contributed by atoms with Crippen LogP contribution < -0.4 is 11.1 Å². The molecule has 0 bridgehead atoms. The molecule has 2 rings (SSSR count). The molecule has 4 nitrogen and oxygen atoms in total. The van der Waals surface area contributed by atoms with Crippen LogP contribution >= 0.6 is 0 Å². The minimum absolute atomic E-state index is 0.211. The number of carboxylic acids is 1. The molecule has 0 aliphatic rings. The molecule has 0 radical (unpaired) electrons. The molecule has 0 unspecified atom stereocenters. The van der Waals surface area contributed by atoms with Gasteiger partial charge in [0.1, 0.15) is 5.82 Å². The van der Waals surface area contributed by atoms with Gasteiger partial charge in [0.05, 0.1) is 16.9 Å². The summed E-state index contributed by atoms with van der Waals surface area (Å²) in [5, 5.41) is 11.9. The Morgan fingerprint density at radius 1 is 1.29 bits per heavy atom. The maximum Gasteiger partial charge on any atom is 0.338 e. The second-order valence-corrected chi connectivity index (χ2v) is 4.70. The van der Waals surface area contributed by atoms with Gasteiger partial charge in [0.25, 0.3) is 0 Å². The number of hydrogen-bond acceptors (Lipinski definition) is 3. The predicted molar refractivity (Wildman–Crippen MR) is 80.9 cm³/mol. The van der Waals surface area contributed by atoms with Crippen LogP contribution in [0.2, 0.25) is 0 Å². The van der Waals surface area contributed by atoms with E-state index in [0.717, 1.165) is 24.1 Å². The van der Waals surface area contributed by atoms with Gasteiger partial charge in [-0.05, 0) is 29.7 Å². The molecule has 0 atom stereocenters. The van der Waals surface area contributed by atoms with Crippen LogP contribution in [0.1, 0.15) is 28.4 Å². The number of aryl methyl sites for hydroxylation is 1. The topological polar surface area (TPSA) is 75.3 Å². The fourth-order valence-corrected chi connectivity index (χ4v) is 2.17. The first-order valence-electron chi connectivity index (χ1n) is 6.66. The second kappa shape index (κ2) is 6.26. The number of nitrogen functional groups attached to an aromatic ring is 1. The summed E-state index contributed by atoms with van der Waals surface area (Å²) in [6.45, 7) is 2.56. The first-order chi connectivity index (χ1) is 10.0. The van der Waals surface area contributed by atoms with Crippen LogP contribution in [0.4, 0.5) is 15.8 Å². The highest BCUT2D eigenvalue weighted by Crippen LogP contribution is 2.24. The van der Waals surface area contributed by atoms with Crippen molar-refractivity contribution >= 4 is 17.3 Å². The maximum atomic E-state index is 13.7. The summed E-state index contributed by atoms with van der Waals surface area (Å²) in [7, 11) is 0. The summed E-state index contributed by atoms with van der Waals surface area (Å²) in [5.74, 6) is -2.13. The fraction of sp³-hybridized carbons (Fsp3) is 0.188. The van der Waals surface area contributed by atoms with Gasteiger partial charge < -0.3 is 16.2 Å². The fourth-order valence-electron chi connectivity index (χ4n) is 2.17. The van der Waals surface area contributed by atoms with Gasteiger partial charge in [-0.15, -0.1) is 0 Å². The zero-order valence-electron chi connectivity index (χ0n) is 11.7. The molecule has 0 fully saturated rings. The Morgan fingerprint density at radius 2 is 1.95 bits per heavy atom. The molecule has 0 spiro atoms. The van der Waals surface area contributed by atoms with Gasteiger partial charge in [0.15, 0.2) is 0 Å². The Hall–Kier alpha value is -2.56. The first-order valence-corrected chi connectivity index (χ1v) is 6.66. The number of benzene rings is 2. The normalized spacial score (nSPS) is 10.4. The van der Waals surface area contributed by atoms with E-state index >= 15 is 0 Å². The van der Waals surface area contributed by atoms with Crippen molar-refractivity contribution in [2.45, 2.75) is 19.9 Å². The Kier molecular flexibility index (Phi) is 4.42. The molecule has 110 valence electrons. The van der Waals surface area contributed by atoms with Gasteiger partial charge in [-0.2, -0.15) is 0 Å². The first kappa shape index (κ1) is 14.8. The number of nitrogens with one attached hydrogen (secondary N) is 1. The molecule has 2 aromatic rings. The Bertz CT molecular complexity index is 671. The van der Waals surface area contributed by atoms with E-state index in [1.54, 1.807) is 0 Å². The summed E-state index contributed by atoms with van der Waals surface area (Å²) in [6, 6.07) is 10.2. The van der Waals surface area contributed by atoms with Crippen molar-refractivity contribution in [3.05, 3.63) is 58.9 Å². The zero-order chi connectivity index (χ0) is 15.4. The van der Waals surface area contributed by atoms with Gasteiger partial charge in [-0.25, -0.2) is 9.18 Å². The molecular weight excluding hydrogens is 271 g/mol. The van der Waals surface area contributed by atoms with Crippen LogP contribution in [0.5, 0.6) is 0 Å². The molecule has 0 aliphatic carbocycles. The molecule has 0 aromatic heterocycles. The lowest BCUT2D eigenvalue weighted by molar-refractivity contribution is 0.0692. The molecule has 0 heterocycles. The molecule has 0 amide bonds. The molecule has 0 saturated heterocycles. The van der Waals surface area contributed by atoms with Crippen molar-refractivity contribution in [1.29, 1.82) is 0 Å². The maximum absolute atomic E-state index is 13.7. The van der Waals surface area contributed by atoms with E-state index in [9.17, 15) is 9.18 Å². The van der Waals surface area contributed by atoms with Gasteiger partial charge in [-0.3, -0.25) is 0 Å². The van der Waals surface area contributed by atoms with Crippen molar-refractivity contribution in [3.8, 4) is 0 Å². The van der Waals surface area contributed by atoms with Crippen molar-refractivity contribution in [1.82, 2.24) is 0 Å². The molecular formula is C16H17FN2O2. The molecule has 2 aromatic carbocycles. The van der Waals surface area contributed by atoms with E-state index in [2.05, 4.69) is 12.2 Å². The number of halogens is 1. The van der Waals surface area contributed by atoms with Crippen LogP contribution in [0.3, 0.4) is 0 Å². The van der Waals surface area contributed by atoms with Crippen LogP contribution in [-0.4, -0.2) is 11.1 Å². The number of anilines is 2. The average Bonchev–Trinajstić information content (AvgIpc) is 2.47. The Morgan fingerprint density at radius 3 is 2.57 bits per heavy atom. The monoisotopic (exact) mass is 288 g/mol. The van der Waals surface area contributed by atoms with E-state index in [0.29, 0.717) is 12.2 Å². The average molecular weight is 288 g/mol. The second-order valence-electron chi connectivity index (χ2n) is 4.70. The number of carboxylic acid groups (broad SMARTS) is 1. The molecule has 5 heteroatoms. The van der Waals surface area contributed by atoms with Crippen molar-refractivity contribution in [3.63, 3.8) is 0 Å². The number of rotatable bonds is 5. The van der Waals surface area contributed by atoms with E-state index in [1.165, 1.54) is 5.56 Å². The summed E-state index contributed by atoms with van der Waals surface area (Å²) in [4.78, 5) is 10.8. The third-order valence-corrected chi connectivity index (χ3v) is 3.34. The van der Waals surface area contributed by atoms with Crippen molar-refractivity contribution in [2.75, 3.05) is 11.1 Å². The van der Waals surface area contributed by atoms with Gasteiger partial charge in [0, 0.05) is 6.54 Å². The third kappa shape index (κ3) is 3.31. The van der Waals surface area contributed by atoms with Crippen LogP contribution in [-0.2, 0) is 13.0 Å². The van der Waals surface area contributed by atoms with Crippen LogP contribution in [0.25, 0.3) is 0 Å². The Labute approximate surface area is 122 Å². The highest BCUT2D eigenvalue weighted by Gasteiger charge is 2.13. The molecule has 0 aliphatic heterocycles. The Balaban J connectivity index is 2.21. The lowest BCUT2D eigenvalue weighted by atomic mass is 10.1. The number of nitrogens with two attached hydrogens (primary N) is 1. The highest BCUT2D eigenvalue weighted by atomic mass is 19.1. The SMILES string of the molecule is CCc1ccccc1CNc1cc(F)c(C(=O)O)cc1N. The number of carbonyl (C=O) groups is 1. The zero-order valence-corrected chi connectivity index (χ0v) is 11.7. The van der Waals surface area contributed by atoms with Crippen molar-refractivity contribution in [2.24, 2.45) is 0 Å². The quantitative estimate of drug-likeness (QED) is 0.738. The van der Waals surface area contributed by atoms with Gasteiger partial charge in [-0.1, -0.05) is 31.2 Å². The van der Waals surface area contributed by atoms with E-state index in [1.807, 2.05) is 24.3 Å².